The first-order valence-electron chi connectivity index (χ1n) is 8.76. The molecular weight excluding hydrogens is 272 g/mol. The molecule has 1 aromatic carbocycles. The number of H-pyrrole nitrogens is 1. The highest BCUT2D eigenvalue weighted by molar-refractivity contribution is 5.85. The molecule has 3 heterocycles. The summed E-state index contributed by atoms with van der Waals surface area (Å²) in [4.78, 5) is 6.36. The Labute approximate surface area is 132 Å². The Morgan fingerprint density at radius 3 is 3.00 bits per heavy atom. The molecular formula is C19H26N2O. The minimum absolute atomic E-state index is 0.341. The van der Waals surface area contributed by atoms with Crippen LogP contribution in [0.15, 0.2) is 24.3 Å². The van der Waals surface area contributed by atoms with Gasteiger partial charge in [-0.3, -0.25) is 4.90 Å². The molecule has 3 nitrogen and oxygen atoms in total. The summed E-state index contributed by atoms with van der Waals surface area (Å²) in [7, 11) is 0. The lowest BCUT2D eigenvalue weighted by atomic mass is 9.77. The van der Waals surface area contributed by atoms with Gasteiger partial charge in [-0.2, -0.15) is 0 Å². The van der Waals surface area contributed by atoms with E-state index in [2.05, 4.69) is 41.1 Å². The lowest BCUT2D eigenvalue weighted by Gasteiger charge is -2.44. The fraction of sp³-hybridized carbons (Fsp3) is 0.579. The zero-order valence-electron chi connectivity index (χ0n) is 13.4. The predicted molar refractivity (Wildman–Crippen MR) is 89.9 cm³/mol. The van der Waals surface area contributed by atoms with Crippen LogP contribution in [0, 0.1) is 11.8 Å². The van der Waals surface area contributed by atoms with Gasteiger partial charge in [0.1, 0.15) is 0 Å². The minimum atomic E-state index is 0.341. The molecule has 1 fully saturated rings. The summed E-state index contributed by atoms with van der Waals surface area (Å²) in [5.41, 5.74) is 4.27. The topological polar surface area (TPSA) is 39.3 Å². The smallest absolute Gasteiger partial charge is 0.0504 e. The lowest BCUT2D eigenvalue weighted by molar-refractivity contribution is 0.0557. The van der Waals surface area contributed by atoms with Crippen LogP contribution in [0.1, 0.15) is 43.5 Å². The summed E-state index contributed by atoms with van der Waals surface area (Å²) < 4.78 is 0. The minimum Gasteiger partial charge on any atom is -0.396 e. The molecule has 0 amide bonds. The zero-order valence-corrected chi connectivity index (χ0v) is 13.4. The van der Waals surface area contributed by atoms with Crippen molar-refractivity contribution in [3.63, 3.8) is 0 Å². The average Bonchev–Trinajstić information content (AvgIpc) is 2.95. The fourth-order valence-corrected chi connectivity index (χ4v) is 4.68. The van der Waals surface area contributed by atoms with Crippen LogP contribution >= 0.6 is 0 Å². The van der Waals surface area contributed by atoms with Crippen LogP contribution in [-0.4, -0.2) is 34.7 Å². The highest BCUT2D eigenvalue weighted by atomic mass is 16.3. The van der Waals surface area contributed by atoms with Gasteiger partial charge in [0, 0.05) is 29.7 Å². The molecule has 0 saturated carbocycles. The second kappa shape index (κ2) is 5.71. The third kappa shape index (κ3) is 2.19. The first-order valence-corrected chi connectivity index (χ1v) is 8.76. The van der Waals surface area contributed by atoms with Crippen LogP contribution in [-0.2, 0) is 6.42 Å². The van der Waals surface area contributed by atoms with E-state index in [9.17, 15) is 5.11 Å². The summed E-state index contributed by atoms with van der Waals surface area (Å²) >= 11 is 0. The van der Waals surface area contributed by atoms with Gasteiger partial charge in [0.25, 0.3) is 0 Å². The van der Waals surface area contributed by atoms with Crippen molar-refractivity contribution in [2.24, 2.45) is 11.8 Å². The van der Waals surface area contributed by atoms with E-state index < -0.39 is 0 Å². The number of aromatic nitrogens is 1. The summed E-state index contributed by atoms with van der Waals surface area (Å²) in [6, 6.07) is 9.23. The van der Waals surface area contributed by atoms with Crippen molar-refractivity contribution in [2.45, 2.75) is 38.6 Å². The molecule has 3 atom stereocenters. The Bertz CT molecular complexity index is 658. The van der Waals surface area contributed by atoms with E-state index in [1.54, 1.807) is 0 Å². The van der Waals surface area contributed by atoms with Gasteiger partial charge in [-0.25, -0.2) is 0 Å². The maximum Gasteiger partial charge on any atom is 0.0504 e. The molecule has 0 spiro atoms. The summed E-state index contributed by atoms with van der Waals surface area (Å²) in [6.07, 6.45) is 4.69. The van der Waals surface area contributed by atoms with Crippen molar-refractivity contribution in [2.75, 3.05) is 19.7 Å². The maximum absolute atomic E-state index is 9.66. The number of hydrogen-bond donors (Lipinski definition) is 2. The van der Waals surface area contributed by atoms with Gasteiger partial charge in [0.15, 0.2) is 0 Å². The van der Waals surface area contributed by atoms with E-state index in [0.717, 1.165) is 12.8 Å². The van der Waals surface area contributed by atoms with Crippen molar-refractivity contribution < 1.29 is 5.11 Å². The maximum atomic E-state index is 9.66. The number of aliphatic hydroxyl groups is 1. The standard InChI is InChI=1S/C19H26N2O/c1-2-13(12-22)14-7-9-21-10-8-16-15-5-3-4-6-17(15)20-19(16)18(21)11-14/h3-6,13-14,18,20,22H,2,7-12H2,1H3/t13-,14-,18-/m0/s1. The Kier molecular flexibility index (Phi) is 3.71. The molecule has 2 aliphatic rings. The molecule has 1 saturated heterocycles. The number of hydrogen-bond acceptors (Lipinski definition) is 2. The number of benzene rings is 1. The van der Waals surface area contributed by atoms with Gasteiger partial charge in [-0.1, -0.05) is 31.5 Å². The Morgan fingerprint density at radius 2 is 2.18 bits per heavy atom. The SMILES string of the molecule is CC[C@@H](CO)[C@H]1CCN2CCc3c([nH]c4ccccc34)[C@@H]2C1. The molecule has 118 valence electrons. The molecule has 0 unspecified atom stereocenters. The summed E-state index contributed by atoms with van der Waals surface area (Å²) in [5, 5.41) is 11.1. The van der Waals surface area contributed by atoms with E-state index in [0.29, 0.717) is 24.5 Å². The van der Waals surface area contributed by atoms with Crippen LogP contribution in [0.4, 0.5) is 0 Å². The largest absolute Gasteiger partial charge is 0.396 e. The highest BCUT2D eigenvalue weighted by Crippen LogP contribution is 2.43. The quantitative estimate of drug-likeness (QED) is 0.910. The van der Waals surface area contributed by atoms with E-state index in [-0.39, 0.29) is 0 Å². The van der Waals surface area contributed by atoms with Crippen molar-refractivity contribution in [1.82, 2.24) is 9.88 Å². The first kappa shape index (κ1) is 14.3. The number of aromatic amines is 1. The molecule has 2 aliphatic heterocycles. The Hall–Kier alpha value is -1.32. The molecule has 22 heavy (non-hydrogen) atoms. The third-order valence-electron chi connectivity index (χ3n) is 6.01. The number of rotatable bonds is 3. The van der Waals surface area contributed by atoms with Crippen molar-refractivity contribution in [1.29, 1.82) is 0 Å². The number of nitrogens with zero attached hydrogens (tertiary/aromatic N) is 1. The highest BCUT2D eigenvalue weighted by Gasteiger charge is 2.37. The lowest BCUT2D eigenvalue weighted by Crippen LogP contribution is -2.43. The number of piperidine rings is 1. The summed E-state index contributed by atoms with van der Waals surface area (Å²) in [5.74, 6) is 1.13. The molecule has 0 bridgehead atoms. The number of aliphatic hydroxyl groups excluding tert-OH is 1. The number of para-hydroxylation sites is 1. The van der Waals surface area contributed by atoms with Crippen molar-refractivity contribution in [3.8, 4) is 0 Å². The van der Waals surface area contributed by atoms with Crippen LogP contribution in [0.5, 0.6) is 0 Å². The molecule has 4 rings (SSSR count). The monoisotopic (exact) mass is 298 g/mol. The predicted octanol–water partition coefficient (Wildman–Crippen LogP) is 3.50. The van der Waals surface area contributed by atoms with Crippen LogP contribution in [0.25, 0.3) is 10.9 Å². The van der Waals surface area contributed by atoms with Crippen molar-refractivity contribution in [3.05, 3.63) is 35.5 Å². The van der Waals surface area contributed by atoms with Gasteiger partial charge >= 0.3 is 0 Å². The van der Waals surface area contributed by atoms with Gasteiger partial charge < -0.3 is 10.1 Å². The average molecular weight is 298 g/mol. The van der Waals surface area contributed by atoms with Gasteiger partial charge in [-0.05, 0) is 49.3 Å². The fourth-order valence-electron chi connectivity index (χ4n) is 4.68. The number of fused-ring (bicyclic) bond motifs is 5. The Morgan fingerprint density at radius 1 is 1.32 bits per heavy atom. The van der Waals surface area contributed by atoms with Crippen LogP contribution in [0.3, 0.4) is 0 Å². The second-order valence-electron chi connectivity index (χ2n) is 7.00. The van der Waals surface area contributed by atoms with Gasteiger partial charge in [-0.15, -0.1) is 0 Å². The molecule has 1 aromatic heterocycles. The van der Waals surface area contributed by atoms with Gasteiger partial charge in [0.05, 0.1) is 6.04 Å². The van der Waals surface area contributed by atoms with Crippen LogP contribution < -0.4 is 0 Å². The molecule has 2 aromatic rings. The van der Waals surface area contributed by atoms with Crippen LogP contribution in [0.2, 0.25) is 0 Å². The summed E-state index contributed by atoms with van der Waals surface area (Å²) in [6.45, 7) is 4.92. The van der Waals surface area contributed by atoms with Crippen molar-refractivity contribution >= 4 is 10.9 Å². The second-order valence-corrected chi connectivity index (χ2v) is 7.00. The first-order chi connectivity index (χ1) is 10.8. The van der Waals surface area contributed by atoms with E-state index >= 15 is 0 Å². The zero-order chi connectivity index (χ0) is 15.1. The van der Waals surface area contributed by atoms with Gasteiger partial charge in [0.2, 0.25) is 0 Å². The van der Waals surface area contributed by atoms with E-state index in [4.69, 9.17) is 0 Å². The normalized spacial score (nSPS) is 26.6. The molecule has 3 heteroatoms. The molecule has 0 radical (unpaired) electrons. The molecule has 0 aliphatic carbocycles. The third-order valence-corrected chi connectivity index (χ3v) is 6.01. The number of nitrogens with one attached hydrogen (secondary N) is 1. The Balaban J connectivity index is 1.69. The molecule has 2 N–H and O–H groups in total. The van der Waals surface area contributed by atoms with E-state index in [1.807, 2.05) is 0 Å². The van der Waals surface area contributed by atoms with E-state index in [1.165, 1.54) is 48.1 Å².